The number of aryl methyl sites for hydroxylation is 1. The number of rotatable bonds is 9. The van der Waals surface area contributed by atoms with Gasteiger partial charge < -0.3 is 14.6 Å². The maximum atomic E-state index is 13.3. The molecule has 0 bridgehead atoms. The van der Waals surface area contributed by atoms with E-state index in [-0.39, 0.29) is 17.1 Å². The summed E-state index contributed by atoms with van der Waals surface area (Å²) in [5, 5.41) is 2.62. The van der Waals surface area contributed by atoms with Gasteiger partial charge in [-0.1, -0.05) is 17.7 Å². The van der Waals surface area contributed by atoms with Crippen molar-refractivity contribution in [1.29, 1.82) is 0 Å². The number of nitrogens with zero attached hydrogens (tertiary/aromatic N) is 1. The Kier molecular flexibility index (Phi) is 7.39. The Hall–Kier alpha value is -3.50. The summed E-state index contributed by atoms with van der Waals surface area (Å²) < 4.78 is 45.7. The summed E-state index contributed by atoms with van der Waals surface area (Å²) in [4.78, 5) is 26.3. The van der Waals surface area contributed by atoms with Crippen molar-refractivity contribution in [3.05, 3.63) is 84.1 Å². The maximum Gasteiger partial charge on any atom is 0.242 e. The van der Waals surface area contributed by atoms with Crippen molar-refractivity contribution >= 4 is 27.5 Å². The van der Waals surface area contributed by atoms with Gasteiger partial charge in [-0.05, 0) is 55.5 Å². The Morgan fingerprint density at radius 1 is 1.03 bits per heavy atom. The predicted octanol–water partition coefficient (Wildman–Crippen LogP) is 2.36. The number of amides is 2. The Balaban J connectivity index is 1.70. The molecule has 2 N–H and O–H groups in total. The molecule has 3 aromatic rings. The minimum absolute atomic E-state index is 0.0143. The second-order valence-corrected chi connectivity index (χ2v) is 8.72. The number of benzene rings is 2. The molecule has 3 rings (SSSR count). The molecular weight excluding hydrogens is 437 g/mol. The molecule has 10 heteroatoms. The fourth-order valence-electron chi connectivity index (χ4n) is 2.80. The van der Waals surface area contributed by atoms with Gasteiger partial charge >= 0.3 is 0 Å². The molecule has 0 saturated heterocycles. The average molecular weight is 459 g/mol. The lowest BCUT2D eigenvalue weighted by atomic mass is 10.2. The lowest BCUT2D eigenvalue weighted by Gasteiger charge is -2.22. The van der Waals surface area contributed by atoms with Gasteiger partial charge in [-0.2, -0.15) is 0 Å². The molecule has 2 aromatic carbocycles. The second kappa shape index (κ2) is 10.2. The van der Waals surface area contributed by atoms with Crippen LogP contribution in [0.15, 0.2) is 76.2 Å². The molecule has 1 heterocycles. The second-order valence-electron chi connectivity index (χ2n) is 6.95. The maximum absolute atomic E-state index is 13.3. The van der Waals surface area contributed by atoms with E-state index in [0.29, 0.717) is 5.76 Å². The molecule has 0 aliphatic rings. The smallest absolute Gasteiger partial charge is 0.242 e. The van der Waals surface area contributed by atoms with E-state index in [0.717, 1.165) is 22.6 Å². The van der Waals surface area contributed by atoms with E-state index in [1.807, 2.05) is 6.92 Å². The minimum atomic E-state index is -3.93. The highest BCUT2D eigenvalue weighted by molar-refractivity contribution is 7.89. The first-order chi connectivity index (χ1) is 15.2. The predicted molar refractivity (Wildman–Crippen MR) is 116 cm³/mol. The van der Waals surface area contributed by atoms with Gasteiger partial charge in [0.15, 0.2) is 0 Å². The third-order valence-electron chi connectivity index (χ3n) is 4.53. The van der Waals surface area contributed by atoms with Gasteiger partial charge in [-0.3, -0.25) is 9.59 Å². The molecule has 0 atom stereocenters. The SMILES string of the molecule is Cc1ccc(S(=O)(=O)NCC(=O)N(CC(=O)NCc2ccco2)c2ccc(F)cc2)cc1. The topological polar surface area (TPSA) is 109 Å². The Morgan fingerprint density at radius 2 is 1.72 bits per heavy atom. The van der Waals surface area contributed by atoms with E-state index in [4.69, 9.17) is 4.42 Å². The number of carbonyl (C=O) groups excluding carboxylic acids is 2. The van der Waals surface area contributed by atoms with Crippen LogP contribution in [0.2, 0.25) is 0 Å². The largest absolute Gasteiger partial charge is 0.467 e. The van der Waals surface area contributed by atoms with Crippen molar-refractivity contribution in [2.75, 3.05) is 18.0 Å². The molecule has 32 heavy (non-hydrogen) atoms. The van der Waals surface area contributed by atoms with Gasteiger partial charge in [0, 0.05) is 5.69 Å². The van der Waals surface area contributed by atoms with Gasteiger partial charge in [0.25, 0.3) is 0 Å². The van der Waals surface area contributed by atoms with Crippen LogP contribution in [0.1, 0.15) is 11.3 Å². The molecule has 0 fully saturated rings. The van der Waals surface area contributed by atoms with Crippen molar-refractivity contribution in [1.82, 2.24) is 10.0 Å². The van der Waals surface area contributed by atoms with Gasteiger partial charge in [0.2, 0.25) is 21.8 Å². The third kappa shape index (κ3) is 6.25. The Labute approximate surface area is 185 Å². The van der Waals surface area contributed by atoms with Crippen LogP contribution < -0.4 is 14.9 Å². The zero-order valence-corrected chi connectivity index (χ0v) is 18.1. The number of furan rings is 1. The average Bonchev–Trinajstić information content (AvgIpc) is 3.29. The molecule has 168 valence electrons. The Bertz CT molecular complexity index is 1160. The van der Waals surface area contributed by atoms with Crippen molar-refractivity contribution in [2.24, 2.45) is 0 Å². The van der Waals surface area contributed by atoms with Crippen molar-refractivity contribution in [2.45, 2.75) is 18.4 Å². The molecule has 0 saturated carbocycles. The quantitative estimate of drug-likeness (QED) is 0.511. The van der Waals surface area contributed by atoms with Crippen LogP contribution >= 0.6 is 0 Å². The van der Waals surface area contributed by atoms with Gasteiger partial charge in [-0.25, -0.2) is 17.5 Å². The molecule has 0 spiro atoms. The first kappa shape index (κ1) is 23.2. The molecule has 2 amide bonds. The highest BCUT2D eigenvalue weighted by Gasteiger charge is 2.22. The van der Waals surface area contributed by atoms with Gasteiger partial charge in [0.1, 0.15) is 18.1 Å². The summed E-state index contributed by atoms with van der Waals surface area (Å²) in [6, 6.07) is 14.5. The fraction of sp³-hybridized carbons (Fsp3) is 0.182. The molecule has 0 radical (unpaired) electrons. The monoisotopic (exact) mass is 459 g/mol. The standard InChI is InChI=1S/C22H22FN3O5S/c1-16-4-10-20(11-5-16)32(29,30)25-14-22(28)26(18-8-6-17(23)7-9-18)15-21(27)24-13-19-3-2-12-31-19/h2-12,25H,13-15H2,1H3,(H,24,27). The summed E-state index contributed by atoms with van der Waals surface area (Å²) in [6.45, 7) is 0.971. The van der Waals surface area contributed by atoms with Crippen molar-refractivity contribution in [3.8, 4) is 0 Å². The van der Waals surface area contributed by atoms with Crippen LogP contribution in [0.5, 0.6) is 0 Å². The normalized spacial score (nSPS) is 11.2. The Morgan fingerprint density at radius 3 is 2.34 bits per heavy atom. The summed E-state index contributed by atoms with van der Waals surface area (Å²) in [6.07, 6.45) is 1.47. The van der Waals surface area contributed by atoms with Crippen molar-refractivity contribution in [3.63, 3.8) is 0 Å². The highest BCUT2D eigenvalue weighted by atomic mass is 32.2. The number of hydrogen-bond acceptors (Lipinski definition) is 5. The number of hydrogen-bond donors (Lipinski definition) is 2. The van der Waals surface area contributed by atoms with E-state index in [1.165, 1.54) is 30.5 Å². The molecule has 0 aliphatic carbocycles. The summed E-state index contributed by atoms with van der Waals surface area (Å²) in [5.74, 6) is -1.16. The van der Waals surface area contributed by atoms with Crippen LogP contribution in [0.25, 0.3) is 0 Å². The first-order valence-corrected chi connectivity index (χ1v) is 11.1. The van der Waals surface area contributed by atoms with E-state index in [2.05, 4.69) is 10.0 Å². The minimum Gasteiger partial charge on any atom is -0.467 e. The van der Waals surface area contributed by atoms with Crippen LogP contribution in [0.4, 0.5) is 10.1 Å². The molecular formula is C22H22FN3O5S. The van der Waals surface area contributed by atoms with Crippen LogP contribution in [-0.2, 0) is 26.2 Å². The molecule has 1 aromatic heterocycles. The van der Waals surface area contributed by atoms with Gasteiger partial charge in [0.05, 0.1) is 24.2 Å². The number of sulfonamides is 1. The van der Waals surface area contributed by atoms with E-state index in [1.54, 1.807) is 24.3 Å². The molecule has 0 unspecified atom stereocenters. The lowest BCUT2D eigenvalue weighted by Crippen LogP contribution is -2.45. The summed E-state index contributed by atoms with van der Waals surface area (Å²) >= 11 is 0. The summed E-state index contributed by atoms with van der Waals surface area (Å²) in [7, 11) is -3.93. The van der Waals surface area contributed by atoms with Crippen LogP contribution in [0, 0.1) is 12.7 Å². The molecule has 0 aliphatic heterocycles. The highest BCUT2D eigenvalue weighted by Crippen LogP contribution is 2.16. The molecule has 8 nitrogen and oxygen atoms in total. The van der Waals surface area contributed by atoms with Crippen LogP contribution in [0.3, 0.4) is 0 Å². The summed E-state index contributed by atoms with van der Waals surface area (Å²) in [5.41, 5.74) is 1.14. The van der Waals surface area contributed by atoms with E-state index < -0.39 is 40.7 Å². The zero-order valence-electron chi connectivity index (χ0n) is 17.2. The number of anilines is 1. The van der Waals surface area contributed by atoms with E-state index in [9.17, 15) is 22.4 Å². The third-order valence-corrected chi connectivity index (χ3v) is 5.94. The number of halogens is 1. The number of nitrogens with one attached hydrogen (secondary N) is 2. The lowest BCUT2D eigenvalue weighted by molar-refractivity contribution is -0.123. The van der Waals surface area contributed by atoms with Crippen LogP contribution in [-0.4, -0.2) is 33.3 Å². The van der Waals surface area contributed by atoms with Crippen molar-refractivity contribution < 1.29 is 26.8 Å². The fourth-order valence-corrected chi connectivity index (χ4v) is 3.77. The number of carbonyl (C=O) groups is 2. The van der Waals surface area contributed by atoms with E-state index >= 15 is 0 Å². The van der Waals surface area contributed by atoms with Gasteiger partial charge in [-0.15, -0.1) is 0 Å². The zero-order chi connectivity index (χ0) is 23.1. The first-order valence-electron chi connectivity index (χ1n) is 9.66.